The lowest BCUT2D eigenvalue weighted by molar-refractivity contribution is 0.0972. The zero-order chi connectivity index (χ0) is 20.4. The zero-order valence-electron chi connectivity index (χ0n) is 16.3. The number of amides is 1. The van der Waals surface area contributed by atoms with Crippen molar-refractivity contribution in [2.45, 2.75) is 6.54 Å². The van der Waals surface area contributed by atoms with Crippen LogP contribution in [0.2, 0.25) is 0 Å². The Hall–Kier alpha value is -3.39. The van der Waals surface area contributed by atoms with E-state index in [9.17, 15) is 4.79 Å². The van der Waals surface area contributed by atoms with Crippen LogP contribution in [0.15, 0.2) is 54.9 Å². The molecule has 2 heterocycles. The van der Waals surface area contributed by atoms with Crippen molar-refractivity contribution in [3.05, 3.63) is 66.2 Å². The molecule has 0 fully saturated rings. The maximum absolute atomic E-state index is 13.4. The molecule has 1 amide bonds. The van der Waals surface area contributed by atoms with E-state index in [1.165, 1.54) is 11.3 Å². The van der Waals surface area contributed by atoms with Gasteiger partial charge in [-0.2, -0.15) is 0 Å². The molecule has 0 aliphatic rings. The second-order valence-corrected chi connectivity index (χ2v) is 7.36. The highest BCUT2D eigenvalue weighted by atomic mass is 32.1. The number of rotatable bonds is 6. The molecule has 0 saturated heterocycles. The van der Waals surface area contributed by atoms with Crippen molar-refractivity contribution in [3.8, 4) is 11.5 Å². The average molecular weight is 408 g/mol. The second kappa shape index (κ2) is 7.92. The number of imidazole rings is 1. The van der Waals surface area contributed by atoms with Gasteiger partial charge in [0.25, 0.3) is 5.91 Å². The third-order valence-corrected chi connectivity index (χ3v) is 5.66. The summed E-state index contributed by atoms with van der Waals surface area (Å²) in [6.45, 7) is 0.372. The molecule has 2 aromatic carbocycles. The Morgan fingerprint density at radius 3 is 2.48 bits per heavy atom. The van der Waals surface area contributed by atoms with Crippen LogP contribution in [0.25, 0.3) is 10.2 Å². The monoisotopic (exact) mass is 408 g/mol. The first kappa shape index (κ1) is 18.9. The summed E-state index contributed by atoms with van der Waals surface area (Å²) < 4.78 is 13.5. The lowest BCUT2D eigenvalue weighted by Crippen LogP contribution is -2.32. The highest BCUT2D eigenvalue weighted by molar-refractivity contribution is 7.22. The van der Waals surface area contributed by atoms with Crippen LogP contribution in [0.5, 0.6) is 11.5 Å². The average Bonchev–Trinajstić information content (AvgIpc) is 3.38. The SMILES string of the molecule is COc1ccc(OC)c2sc(N(Cc3ccccc3)C(=O)c3nccn3C)nc12. The number of nitrogens with zero attached hydrogens (tertiary/aromatic N) is 4. The van der Waals surface area contributed by atoms with E-state index in [0.717, 1.165) is 10.3 Å². The highest BCUT2D eigenvalue weighted by Gasteiger charge is 2.26. The van der Waals surface area contributed by atoms with Gasteiger partial charge in [0.1, 0.15) is 21.7 Å². The maximum atomic E-state index is 13.4. The number of hydrogen-bond acceptors (Lipinski definition) is 6. The summed E-state index contributed by atoms with van der Waals surface area (Å²) in [4.78, 5) is 24.0. The molecule has 0 radical (unpaired) electrons. The van der Waals surface area contributed by atoms with Crippen molar-refractivity contribution in [2.24, 2.45) is 7.05 Å². The molecule has 0 saturated carbocycles. The number of thiazole rings is 1. The second-order valence-electron chi connectivity index (χ2n) is 6.38. The van der Waals surface area contributed by atoms with E-state index in [2.05, 4.69) is 4.98 Å². The Bertz CT molecular complexity index is 1110. The summed E-state index contributed by atoms with van der Waals surface area (Å²) in [7, 11) is 5.01. The van der Waals surface area contributed by atoms with Crippen molar-refractivity contribution in [1.82, 2.24) is 14.5 Å². The summed E-state index contributed by atoms with van der Waals surface area (Å²) in [6.07, 6.45) is 3.36. The smallest absolute Gasteiger partial charge is 0.296 e. The van der Waals surface area contributed by atoms with Crippen LogP contribution in [0, 0.1) is 0 Å². The molecule has 0 aliphatic carbocycles. The molecule has 4 rings (SSSR count). The van der Waals surface area contributed by atoms with E-state index in [0.29, 0.717) is 34.5 Å². The van der Waals surface area contributed by atoms with Crippen LogP contribution in [-0.2, 0) is 13.6 Å². The molecule has 0 N–H and O–H groups in total. The lowest BCUT2D eigenvalue weighted by atomic mass is 10.2. The van der Waals surface area contributed by atoms with E-state index < -0.39 is 0 Å². The number of fused-ring (bicyclic) bond motifs is 1. The first-order valence-corrected chi connectivity index (χ1v) is 9.78. The van der Waals surface area contributed by atoms with Gasteiger partial charge in [-0.05, 0) is 17.7 Å². The van der Waals surface area contributed by atoms with E-state index in [1.807, 2.05) is 42.5 Å². The van der Waals surface area contributed by atoms with E-state index >= 15 is 0 Å². The Morgan fingerprint density at radius 1 is 1.10 bits per heavy atom. The van der Waals surface area contributed by atoms with Gasteiger partial charge in [-0.3, -0.25) is 9.69 Å². The van der Waals surface area contributed by atoms with Crippen molar-refractivity contribution in [1.29, 1.82) is 0 Å². The fourth-order valence-electron chi connectivity index (χ4n) is 3.07. The van der Waals surface area contributed by atoms with Gasteiger partial charge in [0, 0.05) is 19.4 Å². The van der Waals surface area contributed by atoms with Crippen LogP contribution < -0.4 is 14.4 Å². The summed E-state index contributed by atoms with van der Waals surface area (Å²) in [5.74, 6) is 1.44. The van der Waals surface area contributed by atoms with Gasteiger partial charge in [0.15, 0.2) is 11.0 Å². The van der Waals surface area contributed by atoms with Crippen molar-refractivity contribution in [2.75, 3.05) is 19.1 Å². The molecule has 29 heavy (non-hydrogen) atoms. The van der Waals surface area contributed by atoms with Crippen LogP contribution in [0.1, 0.15) is 16.2 Å². The largest absolute Gasteiger partial charge is 0.495 e. The number of anilines is 1. The van der Waals surface area contributed by atoms with Gasteiger partial charge < -0.3 is 14.0 Å². The molecular weight excluding hydrogens is 388 g/mol. The third-order valence-electron chi connectivity index (χ3n) is 4.57. The Morgan fingerprint density at radius 2 is 1.83 bits per heavy atom. The minimum atomic E-state index is -0.224. The normalized spacial score (nSPS) is 10.9. The van der Waals surface area contributed by atoms with Crippen molar-refractivity contribution < 1.29 is 14.3 Å². The summed E-state index contributed by atoms with van der Waals surface area (Å²) in [5.41, 5.74) is 1.66. The van der Waals surface area contributed by atoms with E-state index in [-0.39, 0.29) is 5.91 Å². The summed E-state index contributed by atoms with van der Waals surface area (Å²) >= 11 is 1.39. The van der Waals surface area contributed by atoms with Crippen LogP contribution in [0.4, 0.5) is 5.13 Å². The number of aryl methyl sites for hydroxylation is 1. The Balaban J connectivity index is 1.84. The number of carbonyl (C=O) groups excluding carboxylic acids is 1. The Kier molecular flexibility index (Phi) is 5.18. The topological polar surface area (TPSA) is 69.5 Å². The molecule has 8 heteroatoms. The number of ether oxygens (including phenoxy) is 2. The summed E-state index contributed by atoms with van der Waals surface area (Å²) in [6, 6.07) is 13.5. The molecule has 0 unspecified atom stereocenters. The number of benzene rings is 2. The minimum absolute atomic E-state index is 0.224. The fraction of sp³-hybridized carbons (Fsp3) is 0.190. The van der Waals surface area contributed by atoms with Gasteiger partial charge in [0.2, 0.25) is 0 Å². The van der Waals surface area contributed by atoms with Gasteiger partial charge in [0.05, 0.1) is 20.8 Å². The highest BCUT2D eigenvalue weighted by Crippen LogP contribution is 2.40. The number of carbonyl (C=O) groups is 1. The first-order chi connectivity index (χ1) is 14.1. The van der Waals surface area contributed by atoms with Crippen LogP contribution >= 0.6 is 11.3 Å². The van der Waals surface area contributed by atoms with Crippen molar-refractivity contribution in [3.63, 3.8) is 0 Å². The predicted molar refractivity (Wildman–Crippen MR) is 113 cm³/mol. The summed E-state index contributed by atoms with van der Waals surface area (Å²) in [5, 5.41) is 0.555. The molecule has 0 aliphatic heterocycles. The van der Waals surface area contributed by atoms with E-state index in [1.54, 1.807) is 43.1 Å². The van der Waals surface area contributed by atoms with Gasteiger partial charge in [-0.25, -0.2) is 9.97 Å². The molecule has 0 bridgehead atoms. The van der Waals surface area contributed by atoms with Gasteiger partial charge >= 0.3 is 0 Å². The minimum Gasteiger partial charge on any atom is -0.495 e. The first-order valence-electron chi connectivity index (χ1n) is 8.97. The standard InChI is InChI=1S/C21H20N4O3S/c1-24-12-11-22-19(24)20(26)25(13-14-7-5-4-6-8-14)21-23-17-15(27-2)9-10-16(28-3)18(17)29-21/h4-12H,13H2,1-3H3. The van der Waals surface area contributed by atoms with Crippen LogP contribution in [-0.4, -0.2) is 34.7 Å². The molecule has 0 atom stereocenters. The van der Waals surface area contributed by atoms with Crippen LogP contribution in [0.3, 0.4) is 0 Å². The quantitative estimate of drug-likeness (QED) is 0.484. The number of hydrogen-bond donors (Lipinski definition) is 0. The van der Waals surface area contributed by atoms with Crippen molar-refractivity contribution >= 4 is 32.6 Å². The third kappa shape index (κ3) is 3.54. The molecule has 148 valence electrons. The fourth-order valence-corrected chi connectivity index (χ4v) is 4.15. The lowest BCUT2D eigenvalue weighted by Gasteiger charge is -2.19. The van der Waals surface area contributed by atoms with Gasteiger partial charge in [-0.1, -0.05) is 41.7 Å². The maximum Gasteiger partial charge on any atom is 0.296 e. The van der Waals surface area contributed by atoms with E-state index in [4.69, 9.17) is 14.5 Å². The molecule has 0 spiro atoms. The van der Waals surface area contributed by atoms with Gasteiger partial charge in [-0.15, -0.1) is 0 Å². The molecule has 7 nitrogen and oxygen atoms in total. The molecular formula is C21H20N4O3S. The molecule has 4 aromatic rings. The predicted octanol–water partition coefficient (Wildman–Crippen LogP) is 3.89. The number of methoxy groups -OCH3 is 2. The number of aromatic nitrogens is 3. The zero-order valence-corrected chi connectivity index (χ0v) is 17.1. The molecule has 2 aromatic heterocycles. The Labute approximate surface area is 172 Å².